The van der Waals surface area contributed by atoms with E-state index in [4.69, 9.17) is 4.74 Å². The van der Waals surface area contributed by atoms with Crippen LogP contribution < -0.4 is 9.64 Å². The van der Waals surface area contributed by atoms with E-state index in [-0.39, 0.29) is 5.54 Å². The molecule has 5 nitrogen and oxygen atoms in total. The highest BCUT2D eigenvalue weighted by molar-refractivity contribution is 5.32. The highest BCUT2D eigenvalue weighted by Crippen LogP contribution is 2.19. The van der Waals surface area contributed by atoms with Gasteiger partial charge >= 0.3 is 0 Å². The van der Waals surface area contributed by atoms with E-state index in [9.17, 15) is 0 Å². The van der Waals surface area contributed by atoms with Crippen molar-refractivity contribution in [3.8, 4) is 5.88 Å². The van der Waals surface area contributed by atoms with E-state index < -0.39 is 0 Å². The standard InChI is InChI=1S/C16H28N4O/c1-13(2)12-21-14-6-7-17-15(18-14)19-8-10-20(11-9-19)16(3,4)5/h6-7,13H,8-12H2,1-5H3. The van der Waals surface area contributed by atoms with Crippen molar-refractivity contribution in [2.75, 3.05) is 37.7 Å². The van der Waals surface area contributed by atoms with E-state index in [2.05, 4.69) is 54.4 Å². The van der Waals surface area contributed by atoms with Crippen LogP contribution in [0.1, 0.15) is 34.6 Å². The average Bonchev–Trinajstić information content (AvgIpc) is 2.45. The van der Waals surface area contributed by atoms with Crippen LogP contribution in [0.25, 0.3) is 0 Å². The maximum absolute atomic E-state index is 5.69. The fraction of sp³-hybridized carbons (Fsp3) is 0.750. The van der Waals surface area contributed by atoms with E-state index in [1.807, 2.05) is 6.07 Å². The summed E-state index contributed by atoms with van der Waals surface area (Å²) in [5.74, 6) is 1.95. The predicted molar refractivity (Wildman–Crippen MR) is 85.9 cm³/mol. The molecule has 2 heterocycles. The molecule has 0 unspecified atom stereocenters. The molecule has 0 radical (unpaired) electrons. The molecule has 0 aliphatic carbocycles. The molecule has 0 atom stereocenters. The Kier molecular flexibility index (Phi) is 5.04. The minimum atomic E-state index is 0.231. The average molecular weight is 292 g/mol. The number of rotatable bonds is 4. The zero-order chi connectivity index (χ0) is 15.5. The number of hydrogen-bond donors (Lipinski definition) is 0. The van der Waals surface area contributed by atoms with Crippen LogP contribution in [0, 0.1) is 5.92 Å². The Morgan fingerprint density at radius 1 is 1.19 bits per heavy atom. The van der Waals surface area contributed by atoms with Gasteiger partial charge in [-0.2, -0.15) is 4.98 Å². The van der Waals surface area contributed by atoms with E-state index in [0.717, 1.165) is 32.1 Å². The minimum Gasteiger partial charge on any atom is -0.477 e. The second-order valence-corrected chi connectivity index (χ2v) is 7.04. The van der Waals surface area contributed by atoms with Gasteiger partial charge in [0.1, 0.15) is 0 Å². The fourth-order valence-electron chi connectivity index (χ4n) is 2.39. The van der Waals surface area contributed by atoms with Gasteiger partial charge in [-0.3, -0.25) is 4.90 Å². The van der Waals surface area contributed by atoms with E-state index in [0.29, 0.717) is 18.4 Å². The summed E-state index contributed by atoms with van der Waals surface area (Å²) in [5.41, 5.74) is 0.231. The summed E-state index contributed by atoms with van der Waals surface area (Å²) in [5, 5.41) is 0. The Morgan fingerprint density at radius 2 is 1.86 bits per heavy atom. The highest BCUT2D eigenvalue weighted by Gasteiger charge is 2.26. The lowest BCUT2D eigenvalue weighted by molar-refractivity contribution is 0.128. The first-order valence-electron chi connectivity index (χ1n) is 7.82. The number of anilines is 1. The number of piperazine rings is 1. The van der Waals surface area contributed by atoms with Gasteiger partial charge < -0.3 is 9.64 Å². The van der Waals surface area contributed by atoms with Gasteiger partial charge in [0, 0.05) is 44.0 Å². The molecule has 1 aromatic rings. The molecule has 1 aromatic heterocycles. The Bertz CT molecular complexity index is 448. The number of nitrogens with zero attached hydrogens (tertiary/aromatic N) is 4. The van der Waals surface area contributed by atoms with Crippen molar-refractivity contribution in [1.82, 2.24) is 14.9 Å². The van der Waals surface area contributed by atoms with Crippen molar-refractivity contribution in [2.45, 2.75) is 40.2 Å². The van der Waals surface area contributed by atoms with Gasteiger partial charge in [-0.1, -0.05) is 13.8 Å². The molecular weight excluding hydrogens is 264 g/mol. The third-order valence-corrected chi connectivity index (χ3v) is 3.69. The van der Waals surface area contributed by atoms with E-state index in [1.165, 1.54) is 0 Å². The molecule has 1 aliphatic rings. The van der Waals surface area contributed by atoms with Crippen molar-refractivity contribution in [3.05, 3.63) is 12.3 Å². The third-order valence-electron chi connectivity index (χ3n) is 3.69. The van der Waals surface area contributed by atoms with Gasteiger partial charge in [-0.25, -0.2) is 4.98 Å². The van der Waals surface area contributed by atoms with Crippen LogP contribution in [-0.2, 0) is 0 Å². The van der Waals surface area contributed by atoms with Crippen LogP contribution in [0.2, 0.25) is 0 Å². The SMILES string of the molecule is CC(C)COc1ccnc(N2CCN(C(C)(C)C)CC2)n1. The number of aromatic nitrogens is 2. The van der Waals surface area contributed by atoms with Gasteiger partial charge in [0.25, 0.3) is 0 Å². The van der Waals surface area contributed by atoms with Gasteiger partial charge in [-0.15, -0.1) is 0 Å². The summed E-state index contributed by atoms with van der Waals surface area (Å²) in [6, 6.07) is 1.83. The summed E-state index contributed by atoms with van der Waals surface area (Å²) in [6.07, 6.45) is 1.79. The topological polar surface area (TPSA) is 41.5 Å². The lowest BCUT2D eigenvalue weighted by atomic mass is 10.1. The molecular formula is C16H28N4O. The van der Waals surface area contributed by atoms with Gasteiger partial charge in [-0.05, 0) is 26.7 Å². The molecule has 0 aromatic carbocycles. The lowest BCUT2D eigenvalue weighted by Gasteiger charge is -2.42. The zero-order valence-corrected chi connectivity index (χ0v) is 14.0. The second kappa shape index (κ2) is 6.60. The van der Waals surface area contributed by atoms with E-state index in [1.54, 1.807) is 6.20 Å². The first-order chi connectivity index (χ1) is 9.86. The smallest absolute Gasteiger partial charge is 0.228 e. The molecule has 118 valence electrons. The number of ether oxygens (including phenoxy) is 1. The van der Waals surface area contributed by atoms with Crippen LogP contribution in [0.4, 0.5) is 5.95 Å². The largest absolute Gasteiger partial charge is 0.477 e. The molecule has 1 aliphatic heterocycles. The fourth-order valence-corrected chi connectivity index (χ4v) is 2.39. The molecule has 2 rings (SSSR count). The second-order valence-electron chi connectivity index (χ2n) is 7.04. The zero-order valence-electron chi connectivity index (χ0n) is 14.0. The summed E-state index contributed by atoms with van der Waals surface area (Å²) < 4.78 is 5.69. The maximum Gasteiger partial charge on any atom is 0.228 e. The molecule has 0 N–H and O–H groups in total. The summed E-state index contributed by atoms with van der Waals surface area (Å²) >= 11 is 0. The summed E-state index contributed by atoms with van der Waals surface area (Å²) in [6.45, 7) is 15.8. The first kappa shape index (κ1) is 16.0. The molecule has 5 heteroatoms. The predicted octanol–water partition coefficient (Wildman–Crippen LogP) is 2.43. The van der Waals surface area contributed by atoms with Crippen molar-refractivity contribution >= 4 is 5.95 Å². The number of hydrogen-bond acceptors (Lipinski definition) is 5. The van der Waals surface area contributed by atoms with Crippen molar-refractivity contribution in [3.63, 3.8) is 0 Å². The Balaban J connectivity index is 1.95. The van der Waals surface area contributed by atoms with Crippen LogP contribution in [0.5, 0.6) is 5.88 Å². The molecule has 0 spiro atoms. The first-order valence-corrected chi connectivity index (χ1v) is 7.82. The monoisotopic (exact) mass is 292 g/mol. The van der Waals surface area contributed by atoms with E-state index >= 15 is 0 Å². The molecule has 1 saturated heterocycles. The molecule has 1 fully saturated rings. The molecule has 0 amide bonds. The lowest BCUT2D eigenvalue weighted by Crippen LogP contribution is -2.53. The van der Waals surface area contributed by atoms with Crippen LogP contribution in [-0.4, -0.2) is 53.2 Å². The summed E-state index contributed by atoms with van der Waals surface area (Å²) in [4.78, 5) is 13.7. The maximum atomic E-state index is 5.69. The highest BCUT2D eigenvalue weighted by atomic mass is 16.5. The third kappa shape index (κ3) is 4.56. The molecule has 0 saturated carbocycles. The van der Waals surface area contributed by atoms with Gasteiger partial charge in [0.05, 0.1) is 6.61 Å². The normalized spacial score (nSPS) is 17.3. The van der Waals surface area contributed by atoms with Crippen LogP contribution in [0.3, 0.4) is 0 Å². The van der Waals surface area contributed by atoms with Gasteiger partial charge in [0.2, 0.25) is 11.8 Å². The van der Waals surface area contributed by atoms with Crippen molar-refractivity contribution in [1.29, 1.82) is 0 Å². The Morgan fingerprint density at radius 3 is 2.43 bits per heavy atom. The summed E-state index contributed by atoms with van der Waals surface area (Å²) in [7, 11) is 0. The van der Waals surface area contributed by atoms with Crippen LogP contribution in [0.15, 0.2) is 12.3 Å². The van der Waals surface area contributed by atoms with Crippen molar-refractivity contribution < 1.29 is 4.74 Å². The van der Waals surface area contributed by atoms with Crippen LogP contribution >= 0.6 is 0 Å². The van der Waals surface area contributed by atoms with Gasteiger partial charge in [0.15, 0.2) is 0 Å². The Labute approximate surface area is 128 Å². The molecule has 0 bridgehead atoms. The van der Waals surface area contributed by atoms with Crippen molar-refractivity contribution in [2.24, 2.45) is 5.92 Å². The minimum absolute atomic E-state index is 0.231. The Hall–Kier alpha value is -1.36. The quantitative estimate of drug-likeness (QED) is 0.852. The molecule has 21 heavy (non-hydrogen) atoms.